The predicted molar refractivity (Wildman–Crippen MR) is 88.5 cm³/mol. The van der Waals surface area contributed by atoms with E-state index in [1.165, 1.54) is 11.8 Å². The zero-order valence-electron chi connectivity index (χ0n) is 12.1. The van der Waals surface area contributed by atoms with Gasteiger partial charge in [-0.2, -0.15) is 0 Å². The monoisotopic (exact) mass is 359 g/mol. The minimum Gasteiger partial charge on any atom is -0.323 e. The number of nitrogens with one attached hydrogen (secondary N) is 1. The summed E-state index contributed by atoms with van der Waals surface area (Å²) in [6.07, 6.45) is 0. The summed E-state index contributed by atoms with van der Waals surface area (Å²) in [6.45, 7) is 4.85. The zero-order chi connectivity index (χ0) is 16.1. The smallest absolute Gasteiger partial charge is 0.234 e. The normalized spacial score (nSPS) is 11.0. The van der Waals surface area contributed by atoms with E-state index in [1.807, 2.05) is 0 Å². The Morgan fingerprint density at radius 1 is 1.36 bits per heavy atom. The van der Waals surface area contributed by atoms with Crippen LogP contribution in [0, 0.1) is 5.92 Å². The van der Waals surface area contributed by atoms with Gasteiger partial charge in [0.15, 0.2) is 0 Å². The molecule has 118 valence electrons. The van der Waals surface area contributed by atoms with Crippen LogP contribution in [0.2, 0.25) is 10.0 Å². The topological polar surface area (TPSA) is 72.7 Å². The molecule has 1 N–H and O–H groups in total. The Kier molecular flexibility index (Phi) is 6.05. The van der Waals surface area contributed by atoms with Gasteiger partial charge < -0.3 is 5.32 Å². The summed E-state index contributed by atoms with van der Waals surface area (Å²) in [5, 5.41) is 15.6. The molecule has 0 atom stereocenters. The highest BCUT2D eigenvalue weighted by molar-refractivity contribution is 7.99. The van der Waals surface area contributed by atoms with Crippen LogP contribution in [0.1, 0.15) is 13.8 Å². The van der Waals surface area contributed by atoms with Gasteiger partial charge in [-0.25, -0.2) is 4.68 Å². The molecule has 2 rings (SSSR count). The number of anilines is 1. The first kappa shape index (κ1) is 17.1. The quantitative estimate of drug-likeness (QED) is 0.800. The summed E-state index contributed by atoms with van der Waals surface area (Å²) in [5.41, 5.74) is 0.415. The second-order valence-corrected chi connectivity index (χ2v) is 6.73. The first-order chi connectivity index (χ1) is 10.5. The lowest BCUT2D eigenvalue weighted by Gasteiger charge is -2.09. The zero-order valence-corrected chi connectivity index (χ0v) is 14.4. The van der Waals surface area contributed by atoms with Gasteiger partial charge in [0.05, 0.1) is 21.5 Å². The van der Waals surface area contributed by atoms with Crippen molar-refractivity contribution in [1.29, 1.82) is 0 Å². The molecule has 0 fully saturated rings. The van der Waals surface area contributed by atoms with E-state index in [0.29, 0.717) is 33.4 Å². The van der Waals surface area contributed by atoms with Gasteiger partial charge in [-0.05, 0) is 28.5 Å². The number of carbonyl (C=O) groups is 1. The largest absolute Gasteiger partial charge is 0.323 e. The molecule has 0 unspecified atom stereocenters. The molecule has 0 radical (unpaired) electrons. The Hall–Kier alpha value is -1.31. The summed E-state index contributed by atoms with van der Waals surface area (Å²) in [6, 6.07) is 5.05. The highest BCUT2D eigenvalue weighted by atomic mass is 35.5. The van der Waals surface area contributed by atoms with Crippen molar-refractivity contribution in [3.05, 3.63) is 28.2 Å². The van der Waals surface area contributed by atoms with Gasteiger partial charge in [-0.3, -0.25) is 4.79 Å². The van der Waals surface area contributed by atoms with Crippen LogP contribution in [0.25, 0.3) is 0 Å². The fourth-order valence-corrected chi connectivity index (χ4v) is 2.86. The number of para-hydroxylation sites is 1. The Bertz CT molecular complexity index is 641. The number of hydrogen-bond donors (Lipinski definition) is 1. The van der Waals surface area contributed by atoms with Crippen molar-refractivity contribution in [2.24, 2.45) is 5.92 Å². The third-order valence-electron chi connectivity index (χ3n) is 2.60. The van der Waals surface area contributed by atoms with E-state index in [2.05, 4.69) is 34.7 Å². The molecule has 22 heavy (non-hydrogen) atoms. The molecule has 0 aliphatic carbocycles. The van der Waals surface area contributed by atoms with Gasteiger partial charge in [0.25, 0.3) is 0 Å². The van der Waals surface area contributed by atoms with Crippen molar-refractivity contribution in [1.82, 2.24) is 20.2 Å². The number of halogens is 2. The maximum absolute atomic E-state index is 12.0. The highest BCUT2D eigenvalue weighted by Gasteiger charge is 2.13. The van der Waals surface area contributed by atoms with Crippen LogP contribution in [0.5, 0.6) is 0 Å². The van der Waals surface area contributed by atoms with E-state index in [-0.39, 0.29) is 11.7 Å². The van der Waals surface area contributed by atoms with E-state index in [9.17, 15) is 4.79 Å². The summed E-state index contributed by atoms with van der Waals surface area (Å²) >= 11 is 13.3. The van der Waals surface area contributed by atoms with Crippen LogP contribution in [-0.4, -0.2) is 31.9 Å². The molecule has 0 saturated heterocycles. The fraction of sp³-hybridized carbons (Fsp3) is 0.385. The first-order valence-electron chi connectivity index (χ1n) is 6.60. The maximum atomic E-state index is 12.0. The molecule has 1 heterocycles. The number of amides is 1. The van der Waals surface area contributed by atoms with Crippen molar-refractivity contribution in [3.63, 3.8) is 0 Å². The molecule has 0 spiro atoms. The molecule has 0 bridgehead atoms. The number of tetrazole rings is 1. The molecular weight excluding hydrogens is 345 g/mol. The molecule has 1 aromatic carbocycles. The molecule has 0 aliphatic heterocycles. The van der Waals surface area contributed by atoms with E-state index in [0.717, 1.165) is 0 Å². The molecule has 0 saturated carbocycles. The number of aromatic nitrogens is 4. The van der Waals surface area contributed by atoms with Gasteiger partial charge in [0.1, 0.15) is 0 Å². The number of rotatable bonds is 6. The summed E-state index contributed by atoms with van der Waals surface area (Å²) in [5.74, 6) is 0.359. The number of benzene rings is 1. The lowest BCUT2D eigenvalue weighted by molar-refractivity contribution is -0.113. The van der Waals surface area contributed by atoms with Gasteiger partial charge in [-0.1, -0.05) is 54.9 Å². The highest BCUT2D eigenvalue weighted by Crippen LogP contribution is 2.30. The average Bonchev–Trinajstić information content (AvgIpc) is 2.87. The summed E-state index contributed by atoms with van der Waals surface area (Å²) in [4.78, 5) is 12.0. The number of nitrogens with zero attached hydrogens (tertiary/aromatic N) is 4. The Labute approximate surface area is 142 Å². The molecule has 9 heteroatoms. The Morgan fingerprint density at radius 2 is 2.05 bits per heavy atom. The Morgan fingerprint density at radius 3 is 2.68 bits per heavy atom. The predicted octanol–water partition coefficient (Wildman–Crippen LogP) is 3.37. The van der Waals surface area contributed by atoms with Crippen molar-refractivity contribution in [3.8, 4) is 0 Å². The lowest BCUT2D eigenvalue weighted by Crippen LogP contribution is -2.15. The molecule has 1 aromatic heterocycles. The number of carbonyl (C=O) groups excluding carboxylic acids is 1. The van der Waals surface area contributed by atoms with Gasteiger partial charge in [-0.15, -0.1) is 5.10 Å². The summed E-state index contributed by atoms with van der Waals surface area (Å²) in [7, 11) is 0. The SMILES string of the molecule is CC(C)Cn1nnnc1SCC(=O)Nc1c(Cl)cccc1Cl. The Balaban J connectivity index is 1.95. The third kappa shape index (κ3) is 4.59. The standard InChI is InChI=1S/C13H15Cl2N5OS/c1-8(2)6-20-13(17-18-19-20)22-7-11(21)16-12-9(14)4-3-5-10(12)15/h3-5,8H,6-7H2,1-2H3,(H,16,21). The van der Waals surface area contributed by atoms with Crippen molar-refractivity contribution >= 4 is 46.6 Å². The second kappa shape index (κ2) is 7.80. The molecule has 1 amide bonds. The van der Waals surface area contributed by atoms with Crippen LogP contribution in [0.15, 0.2) is 23.4 Å². The number of hydrogen-bond acceptors (Lipinski definition) is 5. The van der Waals surface area contributed by atoms with E-state index in [1.54, 1.807) is 22.9 Å². The average molecular weight is 360 g/mol. The summed E-state index contributed by atoms with van der Waals surface area (Å²) < 4.78 is 1.69. The molecule has 0 aliphatic rings. The van der Waals surface area contributed by atoms with Gasteiger partial charge in [0, 0.05) is 6.54 Å². The van der Waals surface area contributed by atoms with Crippen molar-refractivity contribution in [2.45, 2.75) is 25.5 Å². The number of thioether (sulfide) groups is 1. The molecule has 6 nitrogen and oxygen atoms in total. The lowest BCUT2D eigenvalue weighted by atomic mass is 10.2. The van der Waals surface area contributed by atoms with Crippen LogP contribution < -0.4 is 5.32 Å². The van der Waals surface area contributed by atoms with Crippen LogP contribution in [-0.2, 0) is 11.3 Å². The fourth-order valence-electron chi connectivity index (χ4n) is 1.68. The minimum atomic E-state index is -0.223. The van der Waals surface area contributed by atoms with Crippen LogP contribution in [0.3, 0.4) is 0 Å². The van der Waals surface area contributed by atoms with E-state index < -0.39 is 0 Å². The van der Waals surface area contributed by atoms with E-state index in [4.69, 9.17) is 23.2 Å². The second-order valence-electron chi connectivity index (χ2n) is 4.97. The van der Waals surface area contributed by atoms with Gasteiger partial charge >= 0.3 is 0 Å². The van der Waals surface area contributed by atoms with Crippen molar-refractivity contribution < 1.29 is 4.79 Å². The molecule has 2 aromatic rings. The van der Waals surface area contributed by atoms with Crippen LogP contribution in [0.4, 0.5) is 5.69 Å². The van der Waals surface area contributed by atoms with E-state index >= 15 is 0 Å². The first-order valence-corrected chi connectivity index (χ1v) is 8.34. The third-order valence-corrected chi connectivity index (χ3v) is 4.18. The molecular formula is C13H15Cl2N5OS. The maximum Gasteiger partial charge on any atom is 0.234 e. The van der Waals surface area contributed by atoms with Crippen LogP contribution >= 0.6 is 35.0 Å². The minimum absolute atomic E-state index is 0.167. The van der Waals surface area contributed by atoms with Gasteiger partial charge in [0.2, 0.25) is 11.1 Å². The van der Waals surface area contributed by atoms with Crippen molar-refractivity contribution in [2.75, 3.05) is 11.1 Å².